The summed E-state index contributed by atoms with van der Waals surface area (Å²) in [6.45, 7) is -0.131. The van der Waals surface area contributed by atoms with Crippen LogP contribution in [0.25, 0.3) is 0 Å². The topological polar surface area (TPSA) is 111 Å². The van der Waals surface area contributed by atoms with Crippen LogP contribution in [0.5, 0.6) is 0 Å². The molecule has 0 aromatic rings. The van der Waals surface area contributed by atoms with Gasteiger partial charge < -0.3 is 20.4 Å². The second-order valence-corrected chi connectivity index (χ2v) is 4.68. The quantitative estimate of drug-likeness (QED) is 0.579. The van der Waals surface area contributed by atoms with E-state index in [1.807, 2.05) is 0 Å². The van der Waals surface area contributed by atoms with E-state index in [-0.39, 0.29) is 6.54 Å². The second kappa shape index (κ2) is 4.41. The molecule has 0 spiro atoms. The highest BCUT2D eigenvalue weighted by Crippen LogP contribution is 2.24. The average Bonchev–Trinajstić information content (AvgIpc) is 2.65. The van der Waals surface area contributed by atoms with Gasteiger partial charge in [-0.15, -0.1) is 0 Å². The fourth-order valence-electron chi connectivity index (χ4n) is 2.22. The molecule has 1 saturated heterocycles. The minimum atomic E-state index is -0.729. The molecule has 0 saturated carbocycles. The van der Waals surface area contributed by atoms with E-state index in [4.69, 9.17) is 5.73 Å². The molecule has 104 valence electrons. The molecule has 9 nitrogen and oxygen atoms in total. The monoisotopic (exact) mass is 268 g/mol. The number of imide groups is 1. The van der Waals surface area contributed by atoms with Gasteiger partial charge in [-0.3, -0.25) is 14.9 Å². The lowest BCUT2D eigenvalue weighted by Crippen LogP contribution is -2.64. The number of nitrogens with zero attached hydrogens (tertiary/aromatic N) is 4. The Morgan fingerprint density at radius 1 is 1.47 bits per heavy atom. The first kappa shape index (κ1) is 13.1. The van der Waals surface area contributed by atoms with E-state index in [0.717, 1.165) is 0 Å². The van der Waals surface area contributed by atoms with Crippen LogP contribution in [0.15, 0.2) is 4.99 Å². The minimum Gasteiger partial charge on any atom is -0.368 e. The number of primary amides is 1. The number of carbonyl (C=O) groups is 3. The zero-order valence-corrected chi connectivity index (χ0v) is 11.0. The summed E-state index contributed by atoms with van der Waals surface area (Å²) >= 11 is 0. The van der Waals surface area contributed by atoms with Crippen LogP contribution in [-0.4, -0.2) is 78.4 Å². The van der Waals surface area contributed by atoms with Gasteiger partial charge in [0.15, 0.2) is 18.2 Å². The highest BCUT2D eigenvalue weighted by molar-refractivity contribution is 6.04. The second-order valence-electron chi connectivity index (χ2n) is 4.68. The number of guanidine groups is 1. The van der Waals surface area contributed by atoms with Gasteiger partial charge in [0.05, 0.1) is 0 Å². The van der Waals surface area contributed by atoms with Crippen LogP contribution in [0.4, 0.5) is 4.79 Å². The van der Waals surface area contributed by atoms with Crippen molar-refractivity contribution in [3.05, 3.63) is 0 Å². The summed E-state index contributed by atoms with van der Waals surface area (Å²) < 4.78 is 0. The van der Waals surface area contributed by atoms with Crippen molar-refractivity contribution in [1.82, 2.24) is 20.0 Å². The number of nitrogens with one attached hydrogen (secondary N) is 1. The first-order valence-corrected chi connectivity index (χ1v) is 5.70. The molecule has 9 heteroatoms. The van der Waals surface area contributed by atoms with E-state index in [9.17, 15) is 14.4 Å². The Balaban J connectivity index is 2.37. The number of hydrogen-bond donors (Lipinski definition) is 2. The van der Waals surface area contributed by atoms with Gasteiger partial charge in [-0.05, 0) is 0 Å². The molecule has 2 aliphatic rings. The van der Waals surface area contributed by atoms with E-state index in [2.05, 4.69) is 10.3 Å². The molecule has 3 N–H and O–H groups in total. The summed E-state index contributed by atoms with van der Waals surface area (Å²) in [5.74, 6) is -0.594. The SMILES string of the molecule is CN(C)C1=NC2C(C(=O)NC(=O)N2C)N1CC(N)=O. The lowest BCUT2D eigenvalue weighted by molar-refractivity contribution is -0.128. The zero-order chi connectivity index (χ0) is 14.3. The largest absolute Gasteiger partial charge is 0.368 e. The maximum atomic E-state index is 11.9. The number of urea groups is 1. The predicted molar refractivity (Wildman–Crippen MR) is 65.9 cm³/mol. The van der Waals surface area contributed by atoms with Crippen molar-refractivity contribution in [3.8, 4) is 0 Å². The normalized spacial score (nSPS) is 25.9. The number of carbonyl (C=O) groups excluding carboxylic acids is 3. The molecule has 0 aliphatic carbocycles. The number of aliphatic imine (C=N–C) groups is 1. The number of rotatable bonds is 2. The Morgan fingerprint density at radius 2 is 2.11 bits per heavy atom. The van der Waals surface area contributed by atoms with Crippen molar-refractivity contribution in [2.75, 3.05) is 27.7 Å². The number of hydrogen-bond acceptors (Lipinski definition) is 6. The summed E-state index contributed by atoms with van der Waals surface area (Å²) in [6.07, 6.45) is -0.641. The van der Waals surface area contributed by atoms with E-state index in [1.54, 1.807) is 26.0 Å². The van der Waals surface area contributed by atoms with Crippen molar-refractivity contribution < 1.29 is 14.4 Å². The van der Waals surface area contributed by atoms with Gasteiger partial charge in [-0.2, -0.15) is 0 Å². The van der Waals surface area contributed by atoms with Crippen LogP contribution in [0.1, 0.15) is 0 Å². The van der Waals surface area contributed by atoms with Gasteiger partial charge in [-0.1, -0.05) is 0 Å². The Bertz CT molecular complexity index is 474. The molecule has 19 heavy (non-hydrogen) atoms. The van der Waals surface area contributed by atoms with E-state index < -0.39 is 30.1 Å². The van der Waals surface area contributed by atoms with Gasteiger partial charge in [0.1, 0.15) is 6.54 Å². The van der Waals surface area contributed by atoms with Gasteiger partial charge in [0.25, 0.3) is 5.91 Å². The van der Waals surface area contributed by atoms with Crippen LogP contribution >= 0.6 is 0 Å². The lowest BCUT2D eigenvalue weighted by Gasteiger charge is -2.36. The summed E-state index contributed by atoms with van der Waals surface area (Å²) in [6, 6.07) is -1.23. The molecule has 1 fully saturated rings. The van der Waals surface area contributed by atoms with E-state index >= 15 is 0 Å². The third-order valence-corrected chi connectivity index (χ3v) is 3.06. The Labute approximate surface area is 110 Å². The molecule has 0 radical (unpaired) electrons. The average molecular weight is 268 g/mol. The van der Waals surface area contributed by atoms with E-state index in [0.29, 0.717) is 5.96 Å². The van der Waals surface area contributed by atoms with Crippen LogP contribution < -0.4 is 11.1 Å². The highest BCUT2D eigenvalue weighted by atomic mass is 16.2. The summed E-state index contributed by atoms with van der Waals surface area (Å²) in [7, 11) is 5.03. The van der Waals surface area contributed by atoms with Gasteiger partial charge in [0, 0.05) is 21.1 Å². The van der Waals surface area contributed by atoms with Crippen molar-refractivity contribution in [2.45, 2.75) is 12.2 Å². The van der Waals surface area contributed by atoms with Crippen LogP contribution in [0, 0.1) is 0 Å². The first-order valence-electron chi connectivity index (χ1n) is 5.70. The van der Waals surface area contributed by atoms with Crippen molar-refractivity contribution >= 4 is 23.8 Å². The molecule has 4 amide bonds. The fraction of sp³-hybridized carbons (Fsp3) is 0.600. The maximum Gasteiger partial charge on any atom is 0.325 e. The standard InChI is InChI=1S/C10H16N6O3/c1-14(2)9-12-7-6(16(9)4-5(11)17)8(18)13-10(19)15(7)3/h6-7H,4H2,1-3H3,(H2,11,17)(H,13,18,19). The molecule has 0 aromatic carbocycles. The fourth-order valence-corrected chi connectivity index (χ4v) is 2.22. The molecular formula is C10H16N6O3. The zero-order valence-electron chi connectivity index (χ0n) is 11.0. The predicted octanol–water partition coefficient (Wildman–Crippen LogP) is -2.42. The Kier molecular flexibility index (Phi) is 3.05. The summed E-state index contributed by atoms with van der Waals surface area (Å²) in [5.41, 5.74) is 5.20. The molecule has 2 unspecified atom stereocenters. The lowest BCUT2D eigenvalue weighted by atomic mass is 10.1. The molecule has 2 heterocycles. The third kappa shape index (κ3) is 2.07. The van der Waals surface area contributed by atoms with Crippen LogP contribution in [0.3, 0.4) is 0 Å². The first-order chi connectivity index (χ1) is 8.82. The number of amides is 4. The molecule has 2 rings (SSSR count). The maximum absolute atomic E-state index is 11.9. The van der Waals surface area contributed by atoms with Crippen molar-refractivity contribution in [1.29, 1.82) is 0 Å². The van der Waals surface area contributed by atoms with E-state index in [1.165, 1.54) is 9.80 Å². The van der Waals surface area contributed by atoms with Gasteiger partial charge in [-0.25, -0.2) is 9.79 Å². The molecular weight excluding hydrogens is 252 g/mol. The Morgan fingerprint density at radius 3 is 2.63 bits per heavy atom. The third-order valence-electron chi connectivity index (χ3n) is 3.06. The van der Waals surface area contributed by atoms with Crippen molar-refractivity contribution in [2.24, 2.45) is 10.7 Å². The molecule has 2 aliphatic heterocycles. The summed E-state index contributed by atoms with van der Waals surface area (Å²) in [5, 5.41) is 2.23. The molecule has 0 bridgehead atoms. The number of likely N-dealkylation sites (N-methyl/N-ethyl adjacent to an activating group) is 1. The minimum absolute atomic E-state index is 0.131. The molecule has 0 aromatic heterocycles. The Hall–Kier alpha value is -2.32. The van der Waals surface area contributed by atoms with Gasteiger partial charge in [0.2, 0.25) is 5.91 Å². The smallest absolute Gasteiger partial charge is 0.325 e. The highest BCUT2D eigenvalue weighted by Gasteiger charge is 2.49. The van der Waals surface area contributed by atoms with Crippen molar-refractivity contribution in [3.63, 3.8) is 0 Å². The number of nitrogens with two attached hydrogens (primary N) is 1. The van der Waals surface area contributed by atoms with Gasteiger partial charge >= 0.3 is 6.03 Å². The molecule has 2 atom stereocenters. The van der Waals surface area contributed by atoms with Crippen LogP contribution in [0.2, 0.25) is 0 Å². The summed E-state index contributed by atoms with van der Waals surface area (Å²) in [4.78, 5) is 43.5. The van der Waals surface area contributed by atoms with Crippen LogP contribution in [-0.2, 0) is 9.59 Å². The number of fused-ring (bicyclic) bond motifs is 1.